The number of carbonyl (C=O) groups is 1. The van der Waals surface area contributed by atoms with E-state index in [-0.39, 0.29) is 5.78 Å². The molecule has 3 rings (SSSR count). The maximum atomic E-state index is 12.5. The van der Waals surface area contributed by atoms with Gasteiger partial charge < -0.3 is 4.98 Å². The highest BCUT2D eigenvalue weighted by atomic mass is 79.9. The maximum Gasteiger partial charge on any atom is 0.175 e. The van der Waals surface area contributed by atoms with E-state index in [0.717, 1.165) is 31.5 Å². The standard InChI is InChI=1S/C17H14BrNOS/c1-11-17(14-4-2-3-5-15(14)19-11)16(20)10-21-13-8-6-12(18)7-9-13/h2-9,19H,10H2,1H3. The summed E-state index contributed by atoms with van der Waals surface area (Å²) in [5.74, 6) is 0.613. The van der Waals surface area contributed by atoms with Crippen molar-refractivity contribution in [2.24, 2.45) is 0 Å². The van der Waals surface area contributed by atoms with Crippen molar-refractivity contribution in [1.82, 2.24) is 4.98 Å². The van der Waals surface area contributed by atoms with E-state index in [0.29, 0.717) is 5.75 Å². The number of halogens is 1. The molecule has 21 heavy (non-hydrogen) atoms. The Labute approximate surface area is 136 Å². The van der Waals surface area contributed by atoms with Crippen LogP contribution >= 0.6 is 27.7 Å². The minimum Gasteiger partial charge on any atom is -0.358 e. The highest BCUT2D eigenvalue weighted by Crippen LogP contribution is 2.26. The maximum absolute atomic E-state index is 12.5. The molecule has 4 heteroatoms. The van der Waals surface area contributed by atoms with Gasteiger partial charge in [-0.2, -0.15) is 0 Å². The van der Waals surface area contributed by atoms with E-state index < -0.39 is 0 Å². The average Bonchev–Trinajstić information content (AvgIpc) is 2.82. The zero-order valence-corrected chi connectivity index (χ0v) is 13.9. The first-order valence-corrected chi connectivity index (χ1v) is 8.42. The second-order valence-electron chi connectivity index (χ2n) is 4.84. The number of Topliss-reactive ketones (excluding diaryl/α,β-unsaturated/α-hetero) is 1. The van der Waals surface area contributed by atoms with Crippen LogP contribution in [0, 0.1) is 6.92 Å². The Morgan fingerprint density at radius 3 is 2.62 bits per heavy atom. The number of hydrogen-bond acceptors (Lipinski definition) is 2. The minimum atomic E-state index is 0.165. The van der Waals surface area contributed by atoms with Crippen LogP contribution in [0.2, 0.25) is 0 Å². The fraction of sp³-hybridized carbons (Fsp3) is 0.118. The molecule has 0 unspecified atom stereocenters. The van der Waals surface area contributed by atoms with Crippen LogP contribution in [0.25, 0.3) is 10.9 Å². The monoisotopic (exact) mass is 359 g/mol. The Morgan fingerprint density at radius 1 is 1.14 bits per heavy atom. The summed E-state index contributed by atoms with van der Waals surface area (Å²) in [6.45, 7) is 1.96. The summed E-state index contributed by atoms with van der Waals surface area (Å²) in [6.07, 6.45) is 0. The Balaban J connectivity index is 1.81. The van der Waals surface area contributed by atoms with Crippen LogP contribution in [0.4, 0.5) is 0 Å². The van der Waals surface area contributed by atoms with E-state index in [4.69, 9.17) is 0 Å². The molecular formula is C17H14BrNOS. The largest absolute Gasteiger partial charge is 0.358 e. The normalized spacial score (nSPS) is 11.0. The first-order chi connectivity index (χ1) is 10.1. The van der Waals surface area contributed by atoms with Gasteiger partial charge in [0.1, 0.15) is 0 Å². The van der Waals surface area contributed by atoms with Gasteiger partial charge in [-0.3, -0.25) is 4.79 Å². The number of thioether (sulfide) groups is 1. The smallest absolute Gasteiger partial charge is 0.175 e. The first kappa shape index (κ1) is 14.4. The lowest BCUT2D eigenvalue weighted by Crippen LogP contribution is -2.03. The molecule has 1 heterocycles. The van der Waals surface area contributed by atoms with Gasteiger partial charge >= 0.3 is 0 Å². The van der Waals surface area contributed by atoms with Crippen LogP contribution in [0.1, 0.15) is 16.1 Å². The number of aromatic nitrogens is 1. The third-order valence-electron chi connectivity index (χ3n) is 3.36. The topological polar surface area (TPSA) is 32.9 Å². The van der Waals surface area contributed by atoms with Gasteiger partial charge in [0.05, 0.1) is 5.75 Å². The van der Waals surface area contributed by atoms with Gasteiger partial charge in [-0.25, -0.2) is 0 Å². The van der Waals surface area contributed by atoms with E-state index in [2.05, 4.69) is 20.9 Å². The number of ketones is 1. The molecule has 1 N–H and O–H groups in total. The Hall–Kier alpha value is -1.52. The summed E-state index contributed by atoms with van der Waals surface area (Å²) in [5.41, 5.74) is 2.78. The first-order valence-electron chi connectivity index (χ1n) is 6.64. The third kappa shape index (κ3) is 3.06. The van der Waals surface area contributed by atoms with Crippen molar-refractivity contribution >= 4 is 44.4 Å². The molecule has 0 spiro atoms. The number of aromatic amines is 1. The number of hydrogen-bond donors (Lipinski definition) is 1. The Morgan fingerprint density at radius 2 is 1.86 bits per heavy atom. The number of aryl methyl sites for hydroxylation is 1. The third-order valence-corrected chi connectivity index (χ3v) is 4.90. The molecule has 0 aliphatic rings. The molecule has 2 aromatic carbocycles. The van der Waals surface area contributed by atoms with Gasteiger partial charge in [-0.15, -0.1) is 11.8 Å². The molecule has 0 radical (unpaired) electrons. The van der Waals surface area contributed by atoms with E-state index in [1.54, 1.807) is 11.8 Å². The molecule has 106 valence electrons. The van der Waals surface area contributed by atoms with Crippen molar-refractivity contribution in [3.05, 3.63) is 64.3 Å². The minimum absolute atomic E-state index is 0.165. The lowest BCUT2D eigenvalue weighted by molar-refractivity contribution is 0.102. The highest BCUT2D eigenvalue weighted by Gasteiger charge is 2.15. The molecule has 0 aliphatic carbocycles. The lowest BCUT2D eigenvalue weighted by atomic mass is 10.1. The summed E-state index contributed by atoms with van der Waals surface area (Å²) in [6, 6.07) is 16.0. The van der Waals surface area contributed by atoms with Crippen LogP contribution in [-0.4, -0.2) is 16.5 Å². The molecule has 0 amide bonds. The number of rotatable bonds is 4. The van der Waals surface area contributed by atoms with E-state index in [1.807, 2.05) is 55.5 Å². The number of fused-ring (bicyclic) bond motifs is 1. The zero-order valence-electron chi connectivity index (χ0n) is 11.5. The molecule has 0 atom stereocenters. The van der Waals surface area contributed by atoms with Crippen LogP contribution in [0.3, 0.4) is 0 Å². The predicted molar refractivity (Wildman–Crippen MR) is 92.2 cm³/mol. The van der Waals surface area contributed by atoms with Crippen LogP contribution in [-0.2, 0) is 0 Å². The number of nitrogens with one attached hydrogen (secondary N) is 1. The van der Waals surface area contributed by atoms with Gasteiger partial charge in [0, 0.05) is 31.5 Å². The summed E-state index contributed by atoms with van der Waals surface area (Å²) < 4.78 is 1.05. The van der Waals surface area contributed by atoms with Crippen molar-refractivity contribution < 1.29 is 4.79 Å². The summed E-state index contributed by atoms with van der Waals surface area (Å²) in [5, 5.41) is 1.01. The molecule has 0 saturated carbocycles. The van der Waals surface area contributed by atoms with Crippen molar-refractivity contribution in [3.8, 4) is 0 Å². The van der Waals surface area contributed by atoms with Crippen molar-refractivity contribution in [2.75, 3.05) is 5.75 Å². The molecule has 0 aliphatic heterocycles. The highest BCUT2D eigenvalue weighted by molar-refractivity contribution is 9.10. The zero-order chi connectivity index (χ0) is 14.8. The molecule has 0 saturated heterocycles. The summed E-state index contributed by atoms with van der Waals surface area (Å²) >= 11 is 4.98. The Bertz CT molecular complexity index is 792. The van der Waals surface area contributed by atoms with E-state index >= 15 is 0 Å². The second-order valence-corrected chi connectivity index (χ2v) is 6.80. The molecular weight excluding hydrogens is 346 g/mol. The molecule has 0 fully saturated rings. The number of carbonyl (C=O) groups excluding carboxylic acids is 1. The average molecular weight is 360 g/mol. The molecule has 0 bridgehead atoms. The fourth-order valence-electron chi connectivity index (χ4n) is 2.39. The number of H-pyrrole nitrogens is 1. The van der Waals surface area contributed by atoms with Crippen LogP contribution in [0.15, 0.2) is 57.9 Å². The quantitative estimate of drug-likeness (QED) is 0.512. The number of benzene rings is 2. The van der Waals surface area contributed by atoms with E-state index in [1.165, 1.54) is 0 Å². The molecule has 2 nitrogen and oxygen atoms in total. The predicted octanol–water partition coefficient (Wildman–Crippen LogP) is 5.21. The molecule has 3 aromatic rings. The lowest BCUT2D eigenvalue weighted by Gasteiger charge is -2.02. The van der Waals surface area contributed by atoms with E-state index in [9.17, 15) is 4.79 Å². The van der Waals surface area contributed by atoms with Crippen molar-refractivity contribution in [3.63, 3.8) is 0 Å². The van der Waals surface area contributed by atoms with Gasteiger partial charge in [0.25, 0.3) is 0 Å². The SMILES string of the molecule is Cc1[nH]c2ccccc2c1C(=O)CSc1ccc(Br)cc1. The fourth-order valence-corrected chi connectivity index (χ4v) is 3.42. The van der Waals surface area contributed by atoms with Gasteiger partial charge in [-0.05, 0) is 37.3 Å². The van der Waals surface area contributed by atoms with Gasteiger partial charge in [0.2, 0.25) is 0 Å². The second kappa shape index (κ2) is 6.08. The Kier molecular flexibility index (Phi) is 4.17. The van der Waals surface area contributed by atoms with Gasteiger partial charge in [0.15, 0.2) is 5.78 Å². The van der Waals surface area contributed by atoms with Crippen molar-refractivity contribution in [1.29, 1.82) is 0 Å². The van der Waals surface area contributed by atoms with Crippen LogP contribution < -0.4 is 0 Å². The summed E-state index contributed by atoms with van der Waals surface area (Å²) in [4.78, 5) is 16.9. The summed E-state index contributed by atoms with van der Waals surface area (Å²) in [7, 11) is 0. The van der Waals surface area contributed by atoms with Crippen LogP contribution in [0.5, 0.6) is 0 Å². The van der Waals surface area contributed by atoms with Crippen molar-refractivity contribution in [2.45, 2.75) is 11.8 Å². The van der Waals surface area contributed by atoms with Gasteiger partial charge in [-0.1, -0.05) is 34.1 Å². The number of para-hydroxylation sites is 1. The molecule has 1 aromatic heterocycles.